The molecule has 0 aliphatic heterocycles. The Hall–Kier alpha value is 0.177. The lowest BCUT2D eigenvalue weighted by molar-refractivity contribution is 0.315. The fraction of sp³-hybridized carbons (Fsp3) is 1.00. The van der Waals surface area contributed by atoms with Crippen molar-refractivity contribution in [3.05, 3.63) is 0 Å². The summed E-state index contributed by atoms with van der Waals surface area (Å²) in [4.78, 5) is 0. The first kappa shape index (κ1) is 16.2. The summed E-state index contributed by atoms with van der Waals surface area (Å²) in [5.41, 5.74) is 0. The number of unbranched alkanes of at least 4 members (excludes halogenated alkanes) is 3. The Kier molecular flexibility index (Phi) is 10.5. The molecule has 0 aliphatic rings. The molecule has 0 rings (SSSR count). The molecule has 0 atom stereocenters. The lowest BCUT2D eigenvalue weighted by Crippen LogP contribution is -2.37. The average Bonchev–Trinajstić information content (AvgIpc) is 2.26. The van der Waals surface area contributed by atoms with Crippen molar-refractivity contribution in [1.29, 1.82) is 0 Å². The molecule has 0 aromatic carbocycles. The molecule has 2 heteroatoms. The molecule has 0 saturated heterocycles. The molecule has 16 heavy (non-hydrogen) atoms. The molecule has 0 fully saturated rings. The van der Waals surface area contributed by atoms with E-state index in [0.29, 0.717) is 0 Å². The summed E-state index contributed by atoms with van der Waals surface area (Å²) in [5, 5.41) is 0. The average molecular weight is 244 g/mol. The zero-order chi connectivity index (χ0) is 12.3. The van der Waals surface area contributed by atoms with Crippen molar-refractivity contribution in [2.75, 3.05) is 6.61 Å². The molecule has 0 heterocycles. The van der Waals surface area contributed by atoms with Gasteiger partial charge in [0.15, 0.2) is 8.32 Å². The molecule has 0 radical (unpaired) electrons. The van der Waals surface area contributed by atoms with E-state index in [9.17, 15) is 0 Å². The van der Waals surface area contributed by atoms with E-state index >= 15 is 0 Å². The highest BCUT2D eigenvalue weighted by atomic mass is 28.4. The van der Waals surface area contributed by atoms with Gasteiger partial charge in [0.2, 0.25) is 0 Å². The summed E-state index contributed by atoms with van der Waals surface area (Å²) >= 11 is 0. The SMILES string of the molecule is CCCCCC[Si](CCC)(CCC)OCC. The topological polar surface area (TPSA) is 9.23 Å². The summed E-state index contributed by atoms with van der Waals surface area (Å²) in [6.07, 6.45) is 8.16. The Labute approximate surface area is 104 Å². The van der Waals surface area contributed by atoms with Crippen LogP contribution in [0.5, 0.6) is 0 Å². The van der Waals surface area contributed by atoms with Crippen LogP contribution in [-0.4, -0.2) is 14.9 Å². The van der Waals surface area contributed by atoms with Gasteiger partial charge in [-0.25, -0.2) is 0 Å². The second-order valence-electron chi connectivity index (χ2n) is 4.93. The molecular weight excluding hydrogens is 212 g/mol. The summed E-state index contributed by atoms with van der Waals surface area (Å²) in [6.45, 7) is 10.00. The highest BCUT2D eigenvalue weighted by Crippen LogP contribution is 2.28. The van der Waals surface area contributed by atoms with Gasteiger partial charge in [0.1, 0.15) is 0 Å². The molecule has 1 nitrogen and oxygen atoms in total. The molecule has 0 spiro atoms. The van der Waals surface area contributed by atoms with Crippen LogP contribution in [0, 0.1) is 0 Å². The van der Waals surface area contributed by atoms with Crippen LogP contribution >= 0.6 is 0 Å². The molecule has 0 aromatic heterocycles. The van der Waals surface area contributed by atoms with Crippen LogP contribution < -0.4 is 0 Å². The van der Waals surface area contributed by atoms with Gasteiger partial charge in [-0.1, -0.05) is 59.3 Å². The van der Waals surface area contributed by atoms with Crippen LogP contribution in [0.1, 0.15) is 66.2 Å². The smallest absolute Gasteiger partial charge is 0.192 e. The minimum atomic E-state index is -1.35. The van der Waals surface area contributed by atoms with Gasteiger partial charge in [0, 0.05) is 6.61 Å². The molecule has 0 N–H and O–H groups in total. The lowest BCUT2D eigenvalue weighted by Gasteiger charge is -2.30. The largest absolute Gasteiger partial charge is 0.417 e. The van der Waals surface area contributed by atoms with Crippen LogP contribution in [0.25, 0.3) is 0 Å². The second-order valence-corrected chi connectivity index (χ2v) is 9.08. The van der Waals surface area contributed by atoms with Gasteiger partial charge in [0.25, 0.3) is 0 Å². The molecule has 0 bridgehead atoms. The highest BCUT2D eigenvalue weighted by molar-refractivity contribution is 6.73. The first-order valence-electron chi connectivity index (χ1n) is 7.38. The minimum Gasteiger partial charge on any atom is -0.417 e. The van der Waals surface area contributed by atoms with Crippen molar-refractivity contribution in [3.8, 4) is 0 Å². The van der Waals surface area contributed by atoms with Gasteiger partial charge in [-0.15, -0.1) is 0 Å². The monoisotopic (exact) mass is 244 g/mol. The third-order valence-electron chi connectivity index (χ3n) is 3.35. The van der Waals surface area contributed by atoms with Gasteiger partial charge in [-0.2, -0.15) is 0 Å². The molecular formula is C14H32OSi. The number of hydrogen-bond acceptors (Lipinski definition) is 1. The normalized spacial score (nSPS) is 12.0. The van der Waals surface area contributed by atoms with Gasteiger partial charge in [-0.05, 0) is 25.1 Å². The zero-order valence-corrected chi connectivity index (χ0v) is 13.0. The van der Waals surface area contributed by atoms with Crippen LogP contribution in [0.4, 0.5) is 0 Å². The van der Waals surface area contributed by atoms with Crippen molar-refractivity contribution >= 4 is 8.32 Å². The molecule has 0 unspecified atom stereocenters. The van der Waals surface area contributed by atoms with E-state index in [0.717, 1.165) is 6.61 Å². The second kappa shape index (κ2) is 10.3. The van der Waals surface area contributed by atoms with E-state index in [-0.39, 0.29) is 0 Å². The van der Waals surface area contributed by atoms with Gasteiger partial charge < -0.3 is 4.43 Å². The van der Waals surface area contributed by atoms with Crippen molar-refractivity contribution < 1.29 is 4.43 Å². The third-order valence-corrected chi connectivity index (χ3v) is 8.34. The Morgan fingerprint density at radius 2 is 1.31 bits per heavy atom. The predicted molar refractivity (Wildman–Crippen MR) is 76.5 cm³/mol. The van der Waals surface area contributed by atoms with E-state index in [1.807, 2.05) is 0 Å². The first-order valence-corrected chi connectivity index (χ1v) is 9.91. The van der Waals surface area contributed by atoms with Crippen LogP contribution in [-0.2, 0) is 4.43 Å². The zero-order valence-electron chi connectivity index (χ0n) is 12.0. The van der Waals surface area contributed by atoms with Crippen molar-refractivity contribution in [3.63, 3.8) is 0 Å². The Balaban J connectivity index is 4.12. The predicted octanol–water partition coefficient (Wildman–Crippen LogP) is 5.37. The summed E-state index contributed by atoms with van der Waals surface area (Å²) < 4.78 is 6.23. The molecule has 0 aromatic rings. The van der Waals surface area contributed by atoms with E-state index < -0.39 is 8.32 Å². The number of hydrogen-bond donors (Lipinski definition) is 0. The molecule has 98 valence electrons. The Morgan fingerprint density at radius 1 is 0.688 bits per heavy atom. The molecule has 0 saturated carbocycles. The summed E-state index contributed by atoms with van der Waals surface area (Å²) in [6, 6.07) is 4.16. The highest BCUT2D eigenvalue weighted by Gasteiger charge is 2.31. The van der Waals surface area contributed by atoms with Crippen molar-refractivity contribution in [2.45, 2.75) is 84.4 Å². The molecule has 0 amide bonds. The van der Waals surface area contributed by atoms with Gasteiger partial charge >= 0.3 is 0 Å². The molecule has 0 aliphatic carbocycles. The van der Waals surface area contributed by atoms with Gasteiger partial charge in [0.05, 0.1) is 0 Å². The number of rotatable bonds is 11. The van der Waals surface area contributed by atoms with Crippen molar-refractivity contribution in [1.82, 2.24) is 0 Å². The fourth-order valence-corrected chi connectivity index (χ4v) is 7.20. The Morgan fingerprint density at radius 3 is 1.75 bits per heavy atom. The Bertz CT molecular complexity index is 131. The van der Waals surface area contributed by atoms with E-state index in [1.54, 1.807) is 0 Å². The maximum absolute atomic E-state index is 6.23. The van der Waals surface area contributed by atoms with Crippen LogP contribution in [0.15, 0.2) is 0 Å². The minimum absolute atomic E-state index is 0.931. The third kappa shape index (κ3) is 6.69. The van der Waals surface area contributed by atoms with Crippen LogP contribution in [0.2, 0.25) is 18.1 Å². The maximum Gasteiger partial charge on any atom is 0.192 e. The lowest BCUT2D eigenvalue weighted by atomic mass is 10.2. The first-order chi connectivity index (χ1) is 7.74. The quantitative estimate of drug-likeness (QED) is 0.351. The maximum atomic E-state index is 6.23. The standard InChI is InChI=1S/C14H32OSi/c1-5-9-10-11-14-16(12-6-2,13-7-3)15-8-4/h5-14H2,1-4H3. The van der Waals surface area contributed by atoms with E-state index in [4.69, 9.17) is 4.43 Å². The van der Waals surface area contributed by atoms with Crippen LogP contribution in [0.3, 0.4) is 0 Å². The van der Waals surface area contributed by atoms with Crippen molar-refractivity contribution in [2.24, 2.45) is 0 Å². The summed E-state index contributed by atoms with van der Waals surface area (Å²) in [7, 11) is -1.35. The summed E-state index contributed by atoms with van der Waals surface area (Å²) in [5.74, 6) is 0. The fourth-order valence-electron chi connectivity index (χ4n) is 2.68. The van der Waals surface area contributed by atoms with E-state index in [2.05, 4.69) is 27.7 Å². The van der Waals surface area contributed by atoms with E-state index in [1.165, 1.54) is 56.7 Å². The van der Waals surface area contributed by atoms with Gasteiger partial charge in [-0.3, -0.25) is 0 Å².